The lowest BCUT2D eigenvalue weighted by atomic mass is 10.0. The van der Waals surface area contributed by atoms with E-state index in [-0.39, 0.29) is 18.1 Å². The number of aromatic nitrogens is 1. The Morgan fingerprint density at radius 2 is 1.63 bits per heavy atom. The molecule has 4 rings (SSSR count). The minimum absolute atomic E-state index is 0.0335. The highest BCUT2D eigenvalue weighted by Crippen LogP contribution is 2.28. The zero-order chi connectivity index (χ0) is 19.0. The van der Waals surface area contributed by atoms with E-state index in [1.807, 2.05) is 0 Å². The first kappa shape index (κ1) is 17.0. The van der Waals surface area contributed by atoms with E-state index < -0.39 is 17.5 Å². The third-order valence-electron chi connectivity index (χ3n) is 4.10. The van der Waals surface area contributed by atoms with Gasteiger partial charge in [0.15, 0.2) is 17.2 Å². The zero-order valence-corrected chi connectivity index (χ0v) is 13.7. The number of nitrogens with zero attached hydrogens (tertiary/aromatic N) is 1. The Hall–Kier alpha value is -3.48. The van der Waals surface area contributed by atoms with E-state index in [9.17, 15) is 18.3 Å². The summed E-state index contributed by atoms with van der Waals surface area (Å²) < 4.78 is 50.8. The minimum atomic E-state index is -1.23. The molecule has 3 aromatic carbocycles. The zero-order valence-electron chi connectivity index (χ0n) is 13.7. The van der Waals surface area contributed by atoms with Gasteiger partial charge < -0.3 is 14.4 Å². The van der Waals surface area contributed by atoms with E-state index in [0.717, 1.165) is 11.6 Å². The van der Waals surface area contributed by atoms with Crippen LogP contribution in [0.25, 0.3) is 22.1 Å². The molecule has 0 fully saturated rings. The van der Waals surface area contributed by atoms with Crippen LogP contribution in [0.5, 0.6) is 11.6 Å². The molecule has 0 saturated heterocycles. The van der Waals surface area contributed by atoms with Crippen molar-refractivity contribution < 1.29 is 27.5 Å². The topological polar surface area (TPSA) is 55.5 Å². The van der Waals surface area contributed by atoms with Crippen molar-refractivity contribution in [2.75, 3.05) is 0 Å². The minimum Gasteiger partial charge on any atom is -0.491 e. The van der Waals surface area contributed by atoms with Crippen LogP contribution in [0.2, 0.25) is 0 Å². The van der Waals surface area contributed by atoms with Gasteiger partial charge in [0.2, 0.25) is 0 Å². The second-order valence-corrected chi connectivity index (χ2v) is 5.90. The molecule has 0 amide bonds. The quantitative estimate of drug-likeness (QED) is 0.501. The van der Waals surface area contributed by atoms with Crippen LogP contribution in [0.15, 0.2) is 59.1 Å². The second-order valence-electron chi connectivity index (χ2n) is 5.90. The molecule has 0 aliphatic carbocycles. The summed E-state index contributed by atoms with van der Waals surface area (Å²) in [4.78, 5) is 0. The van der Waals surface area contributed by atoms with Gasteiger partial charge >= 0.3 is 0 Å². The van der Waals surface area contributed by atoms with Gasteiger partial charge in [-0.15, -0.1) is 0 Å². The number of aromatic hydroxyl groups is 1. The Kier molecular flexibility index (Phi) is 4.19. The van der Waals surface area contributed by atoms with Gasteiger partial charge in [-0.05, 0) is 46.6 Å². The molecule has 0 aliphatic heterocycles. The molecule has 4 nitrogen and oxygen atoms in total. The average molecular weight is 371 g/mol. The monoisotopic (exact) mass is 371 g/mol. The van der Waals surface area contributed by atoms with Crippen molar-refractivity contribution in [2.24, 2.45) is 0 Å². The summed E-state index contributed by atoms with van der Waals surface area (Å²) in [6, 6.07) is 12.8. The van der Waals surface area contributed by atoms with E-state index in [2.05, 4.69) is 5.16 Å². The molecule has 0 spiro atoms. The first-order chi connectivity index (χ1) is 13.0. The van der Waals surface area contributed by atoms with Crippen molar-refractivity contribution >= 4 is 11.0 Å². The second kappa shape index (κ2) is 6.68. The molecule has 1 N–H and O–H groups in total. The van der Waals surface area contributed by atoms with E-state index in [1.54, 1.807) is 42.5 Å². The molecule has 4 aromatic rings. The first-order valence-electron chi connectivity index (χ1n) is 7.96. The van der Waals surface area contributed by atoms with Crippen LogP contribution in [0.1, 0.15) is 5.56 Å². The lowest BCUT2D eigenvalue weighted by Gasteiger charge is -2.09. The van der Waals surface area contributed by atoms with Gasteiger partial charge in [0.05, 0.1) is 5.39 Å². The summed E-state index contributed by atoms with van der Waals surface area (Å²) in [6.07, 6.45) is 0. The van der Waals surface area contributed by atoms with E-state index >= 15 is 0 Å². The Bertz CT molecular complexity index is 1120. The maximum Gasteiger partial charge on any atom is 0.259 e. The van der Waals surface area contributed by atoms with E-state index in [0.29, 0.717) is 28.3 Å². The van der Waals surface area contributed by atoms with Crippen LogP contribution in [0.4, 0.5) is 13.2 Å². The number of benzene rings is 3. The van der Waals surface area contributed by atoms with Crippen molar-refractivity contribution in [3.8, 4) is 22.8 Å². The van der Waals surface area contributed by atoms with Crippen molar-refractivity contribution in [3.05, 3.63) is 77.6 Å². The lowest BCUT2D eigenvalue weighted by molar-refractivity contribution is 0.306. The fourth-order valence-corrected chi connectivity index (χ4v) is 2.70. The fourth-order valence-electron chi connectivity index (χ4n) is 2.70. The number of hydrogen-bond acceptors (Lipinski definition) is 4. The number of ether oxygens (including phenoxy) is 1. The highest BCUT2D eigenvalue weighted by molar-refractivity contribution is 5.82. The van der Waals surface area contributed by atoms with Crippen molar-refractivity contribution in [3.63, 3.8) is 0 Å². The number of halogens is 3. The molecule has 1 aromatic heterocycles. The van der Waals surface area contributed by atoms with Crippen LogP contribution in [-0.2, 0) is 6.61 Å². The Morgan fingerprint density at radius 3 is 2.41 bits per heavy atom. The molecule has 136 valence electrons. The normalized spacial score (nSPS) is 11.1. The molecular weight excluding hydrogens is 359 g/mol. The van der Waals surface area contributed by atoms with Gasteiger partial charge in [-0.25, -0.2) is 13.2 Å². The lowest BCUT2D eigenvalue weighted by Crippen LogP contribution is -1.95. The smallest absolute Gasteiger partial charge is 0.259 e. The highest BCUT2D eigenvalue weighted by atomic mass is 19.2. The largest absolute Gasteiger partial charge is 0.491 e. The molecule has 0 radical (unpaired) electrons. The van der Waals surface area contributed by atoms with Gasteiger partial charge in [-0.3, -0.25) is 0 Å². The predicted octanol–water partition coefficient (Wildman–Crippen LogP) is 5.20. The van der Waals surface area contributed by atoms with E-state index in [4.69, 9.17) is 9.26 Å². The third-order valence-corrected chi connectivity index (χ3v) is 4.10. The number of fused-ring (bicyclic) bond motifs is 1. The SMILES string of the molecule is Oc1noc2ccc(COc3ccc(-c4cc(F)c(F)cc4F)cc3)cc12. The van der Waals surface area contributed by atoms with Crippen LogP contribution in [-0.4, -0.2) is 10.3 Å². The maximum absolute atomic E-state index is 13.8. The third kappa shape index (κ3) is 3.31. The summed E-state index contributed by atoms with van der Waals surface area (Å²) >= 11 is 0. The van der Waals surface area contributed by atoms with Crippen LogP contribution in [0, 0.1) is 17.5 Å². The molecule has 1 heterocycles. The van der Waals surface area contributed by atoms with Crippen molar-refractivity contribution in [1.82, 2.24) is 5.16 Å². The van der Waals surface area contributed by atoms with Crippen LogP contribution >= 0.6 is 0 Å². The van der Waals surface area contributed by atoms with Gasteiger partial charge in [-0.2, -0.15) is 0 Å². The van der Waals surface area contributed by atoms with Gasteiger partial charge in [0.25, 0.3) is 5.88 Å². The van der Waals surface area contributed by atoms with Gasteiger partial charge in [0.1, 0.15) is 18.2 Å². The summed E-state index contributed by atoms with van der Waals surface area (Å²) in [5, 5.41) is 13.5. The maximum atomic E-state index is 13.8. The molecule has 0 atom stereocenters. The number of hydrogen-bond donors (Lipinski definition) is 1. The molecule has 0 bridgehead atoms. The Labute approximate surface area is 151 Å². The van der Waals surface area contributed by atoms with Gasteiger partial charge in [0, 0.05) is 11.6 Å². The number of rotatable bonds is 4. The molecule has 0 aliphatic rings. The van der Waals surface area contributed by atoms with Gasteiger partial charge in [-0.1, -0.05) is 18.2 Å². The molecular formula is C20H12F3NO3. The molecule has 7 heteroatoms. The van der Waals surface area contributed by atoms with Crippen molar-refractivity contribution in [1.29, 1.82) is 0 Å². The van der Waals surface area contributed by atoms with E-state index in [1.165, 1.54) is 0 Å². The average Bonchev–Trinajstić information content (AvgIpc) is 3.04. The Balaban J connectivity index is 1.50. The van der Waals surface area contributed by atoms with Crippen molar-refractivity contribution in [2.45, 2.75) is 6.61 Å². The van der Waals surface area contributed by atoms with Crippen LogP contribution in [0.3, 0.4) is 0 Å². The highest BCUT2D eigenvalue weighted by Gasteiger charge is 2.12. The summed E-state index contributed by atoms with van der Waals surface area (Å²) in [7, 11) is 0. The Morgan fingerprint density at radius 1 is 0.889 bits per heavy atom. The standard InChI is InChI=1S/C20H12F3NO3/c21-16-9-18(23)17(22)8-14(16)12-2-4-13(5-3-12)26-10-11-1-6-19-15(7-11)20(25)24-27-19/h1-9H,10H2,(H,24,25). The summed E-state index contributed by atoms with van der Waals surface area (Å²) in [5.41, 5.74) is 1.62. The van der Waals surface area contributed by atoms with Crippen LogP contribution < -0.4 is 4.74 Å². The molecule has 27 heavy (non-hydrogen) atoms. The fraction of sp³-hybridized carbons (Fsp3) is 0.0500. The molecule has 0 saturated carbocycles. The summed E-state index contributed by atoms with van der Waals surface area (Å²) in [5.74, 6) is -2.86. The summed E-state index contributed by atoms with van der Waals surface area (Å²) in [6.45, 7) is 0.222. The first-order valence-corrected chi connectivity index (χ1v) is 7.96. The predicted molar refractivity (Wildman–Crippen MR) is 91.8 cm³/mol. The molecule has 0 unspecified atom stereocenters.